The first kappa shape index (κ1) is 24.8. The highest BCUT2D eigenvalue weighted by molar-refractivity contribution is 5.67. The summed E-state index contributed by atoms with van der Waals surface area (Å²) in [5.74, 6) is 0.472. The molecule has 8 nitrogen and oxygen atoms in total. The van der Waals surface area contributed by atoms with Gasteiger partial charge in [0.05, 0.1) is 5.56 Å². The lowest BCUT2D eigenvalue weighted by Crippen LogP contribution is -2.31. The van der Waals surface area contributed by atoms with Gasteiger partial charge in [-0.1, -0.05) is 30.3 Å². The predicted molar refractivity (Wildman–Crippen MR) is 129 cm³/mol. The van der Waals surface area contributed by atoms with E-state index in [1.165, 1.54) is 23.9 Å². The minimum Gasteiger partial charge on any atom is -0.490 e. The van der Waals surface area contributed by atoms with Gasteiger partial charge in [0.1, 0.15) is 24.7 Å². The first-order chi connectivity index (χ1) is 17.7. The Hall–Kier alpha value is -3.86. The van der Waals surface area contributed by atoms with Gasteiger partial charge in [0, 0.05) is 37.6 Å². The third kappa shape index (κ3) is 5.93. The van der Waals surface area contributed by atoms with Gasteiger partial charge in [0.25, 0.3) is 0 Å². The van der Waals surface area contributed by atoms with Crippen molar-refractivity contribution < 1.29 is 27.6 Å². The van der Waals surface area contributed by atoms with Crippen LogP contribution in [-0.2, 0) is 19.3 Å². The quantitative estimate of drug-likeness (QED) is 0.313. The molecule has 0 bridgehead atoms. The Balaban J connectivity index is 1.11. The molecular formula is C26H25F3N4O4. The van der Waals surface area contributed by atoms with Gasteiger partial charge in [-0.25, -0.2) is 0 Å². The molecule has 3 aromatic rings. The number of fused-ring (bicyclic) bond motifs is 1. The summed E-state index contributed by atoms with van der Waals surface area (Å²) in [4.78, 5) is 16.4. The molecule has 37 heavy (non-hydrogen) atoms. The Morgan fingerprint density at radius 3 is 2.51 bits per heavy atom. The highest BCUT2D eigenvalue weighted by atomic mass is 19.4. The van der Waals surface area contributed by atoms with E-state index in [1.807, 2.05) is 24.3 Å². The van der Waals surface area contributed by atoms with Crippen molar-refractivity contribution >= 4 is 11.4 Å². The van der Waals surface area contributed by atoms with Crippen LogP contribution in [0.1, 0.15) is 29.5 Å². The van der Waals surface area contributed by atoms with Gasteiger partial charge in [0.2, 0.25) is 0 Å². The summed E-state index contributed by atoms with van der Waals surface area (Å²) in [6.45, 7) is 3.03. The summed E-state index contributed by atoms with van der Waals surface area (Å²) in [5.41, 5.74) is 2.55. The van der Waals surface area contributed by atoms with Crippen molar-refractivity contribution in [2.45, 2.75) is 38.2 Å². The molecule has 2 aliphatic heterocycles. The zero-order valence-electron chi connectivity index (χ0n) is 19.9. The van der Waals surface area contributed by atoms with Crippen LogP contribution in [0.25, 0.3) is 5.57 Å². The normalized spacial score (nSPS) is 18.0. The summed E-state index contributed by atoms with van der Waals surface area (Å²) in [6, 6.07) is 13.4. The number of nitro groups is 1. The third-order valence-electron chi connectivity index (χ3n) is 6.52. The molecule has 3 heterocycles. The van der Waals surface area contributed by atoms with E-state index in [1.54, 1.807) is 4.57 Å². The number of benzene rings is 2. The van der Waals surface area contributed by atoms with Crippen molar-refractivity contribution in [1.29, 1.82) is 0 Å². The highest BCUT2D eigenvalue weighted by Crippen LogP contribution is 2.30. The van der Waals surface area contributed by atoms with Crippen LogP contribution in [-0.4, -0.2) is 45.2 Å². The largest absolute Gasteiger partial charge is 0.490 e. The first-order valence-electron chi connectivity index (χ1n) is 11.9. The molecule has 0 amide bonds. The van der Waals surface area contributed by atoms with Gasteiger partial charge < -0.3 is 19.6 Å². The zero-order valence-corrected chi connectivity index (χ0v) is 19.9. The van der Waals surface area contributed by atoms with Crippen LogP contribution in [0.3, 0.4) is 0 Å². The molecule has 0 saturated heterocycles. The Morgan fingerprint density at radius 1 is 1.11 bits per heavy atom. The second-order valence-corrected chi connectivity index (χ2v) is 9.11. The Kier molecular flexibility index (Phi) is 6.88. The van der Waals surface area contributed by atoms with Crippen LogP contribution < -0.4 is 9.47 Å². The van der Waals surface area contributed by atoms with Crippen LogP contribution >= 0.6 is 0 Å². The maximum atomic E-state index is 12.8. The molecule has 0 spiro atoms. The van der Waals surface area contributed by atoms with Gasteiger partial charge in [0.15, 0.2) is 0 Å². The SMILES string of the molecule is O=[N+]([O-])c1cn2c(n1)OC(COc1ccc(C3=CCN(Cc4ccc(C(F)(F)F)cc4)CC3)cc1)CC2. The molecule has 2 aromatic carbocycles. The van der Waals surface area contributed by atoms with Crippen molar-refractivity contribution in [1.82, 2.24) is 14.5 Å². The number of aromatic nitrogens is 2. The molecule has 194 valence electrons. The molecule has 2 aliphatic rings. The van der Waals surface area contributed by atoms with Gasteiger partial charge >= 0.3 is 18.0 Å². The second kappa shape index (κ2) is 10.3. The molecule has 0 radical (unpaired) electrons. The Labute approximate surface area is 211 Å². The fourth-order valence-corrected chi connectivity index (χ4v) is 4.47. The fraction of sp³-hybridized carbons (Fsp3) is 0.346. The van der Waals surface area contributed by atoms with E-state index < -0.39 is 16.7 Å². The lowest BCUT2D eigenvalue weighted by Gasteiger charge is -2.26. The van der Waals surface area contributed by atoms with Crippen molar-refractivity contribution in [3.8, 4) is 11.8 Å². The van der Waals surface area contributed by atoms with Crippen molar-refractivity contribution in [2.24, 2.45) is 0 Å². The lowest BCUT2D eigenvalue weighted by molar-refractivity contribution is -0.389. The number of ether oxygens (including phenoxy) is 2. The van der Waals surface area contributed by atoms with E-state index >= 15 is 0 Å². The van der Waals surface area contributed by atoms with Gasteiger partial charge in [-0.3, -0.25) is 9.47 Å². The monoisotopic (exact) mass is 514 g/mol. The maximum Gasteiger partial charge on any atom is 0.416 e. The van der Waals surface area contributed by atoms with E-state index in [0.717, 1.165) is 42.8 Å². The number of alkyl halides is 3. The first-order valence-corrected chi connectivity index (χ1v) is 11.9. The van der Waals surface area contributed by atoms with Crippen LogP contribution in [0.2, 0.25) is 0 Å². The summed E-state index contributed by atoms with van der Waals surface area (Å²) in [5, 5.41) is 10.9. The third-order valence-corrected chi connectivity index (χ3v) is 6.52. The number of hydrogen-bond acceptors (Lipinski definition) is 6. The molecule has 0 saturated carbocycles. The predicted octanol–water partition coefficient (Wildman–Crippen LogP) is 5.33. The van der Waals surface area contributed by atoms with Crippen molar-refractivity contribution in [3.05, 3.63) is 87.6 Å². The number of hydrogen-bond donors (Lipinski definition) is 0. The molecule has 1 aromatic heterocycles. The number of imidazole rings is 1. The number of rotatable bonds is 7. The number of nitrogens with zero attached hydrogens (tertiary/aromatic N) is 4. The zero-order chi connectivity index (χ0) is 26.0. The van der Waals surface area contributed by atoms with Crippen LogP contribution in [0, 0.1) is 10.1 Å². The Morgan fingerprint density at radius 2 is 1.86 bits per heavy atom. The smallest absolute Gasteiger partial charge is 0.416 e. The topological polar surface area (TPSA) is 82.7 Å². The highest BCUT2D eigenvalue weighted by Gasteiger charge is 2.30. The molecule has 1 atom stereocenters. The number of aryl methyl sites for hydroxylation is 1. The van der Waals surface area contributed by atoms with E-state index in [-0.39, 0.29) is 17.9 Å². The molecular weight excluding hydrogens is 489 g/mol. The molecule has 1 unspecified atom stereocenters. The van der Waals surface area contributed by atoms with Gasteiger partial charge in [-0.15, -0.1) is 0 Å². The van der Waals surface area contributed by atoms with Crippen LogP contribution in [0.15, 0.2) is 60.8 Å². The molecule has 5 rings (SSSR count). The molecule has 0 aliphatic carbocycles. The average molecular weight is 515 g/mol. The summed E-state index contributed by atoms with van der Waals surface area (Å²) < 4.78 is 51.5. The molecule has 11 heteroatoms. The Bertz CT molecular complexity index is 1290. The summed E-state index contributed by atoms with van der Waals surface area (Å²) in [6.07, 6.45) is 0.469. The minimum atomic E-state index is -4.32. The standard InChI is InChI=1S/C26H25F3N4O4/c27-26(28,29)21-5-1-18(2-6-21)15-31-12-9-20(10-13-31)19-3-7-22(8-4-19)36-17-23-11-14-32-16-24(33(34)35)30-25(32)37-23/h1-9,16,23H,10-15,17H2. The second-order valence-electron chi connectivity index (χ2n) is 9.11. The van der Waals surface area contributed by atoms with Crippen molar-refractivity contribution in [2.75, 3.05) is 19.7 Å². The molecule has 0 N–H and O–H groups in total. The summed E-state index contributed by atoms with van der Waals surface area (Å²) in [7, 11) is 0. The number of halogens is 3. The lowest BCUT2D eigenvalue weighted by atomic mass is 9.99. The van der Waals surface area contributed by atoms with E-state index in [0.29, 0.717) is 31.9 Å². The summed E-state index contributed by atoms with van der Waals surface area (Å²) >= 11 is 0. The van der Waals surface area contributed by atoms with Crippen molar-refractivity contribution in [3.63, 3.8) is 0 Å². The van der Waals surface area contributed by atoms with Gasteiger partial charge in [-0.05, 0) is 52.3 Å². The average Bonchev–Trinajstić information content (AvgIpc) is 3.32. The minimum absolute atomic E-state index is 0.230. The van der Waals surface area contributed by atoms with E-state index in [9.17, 15) is 23.3 Å². The van der Waals surface area contributed by atoms with E-state index in [2.05, 4.69) is 16.0 Å². The van der Waals surface area contributed by atoms with Crippen LogP contribution in [0.4, 0.5) is 19.0 Å². The fourth-order valence-electron chi connectivity index (χ4n) is 4.47. The molecule has 0 fully saturated rings. The van der Waals surface area contributed by atoms with Gasteiger partial charge in [-0.2, -0.15) is 13.2 Å². The van der Waals surface area contributed by atoms with Crippen LogP contribution in [0.5, 0.6) is 11.8 Å². The van der Waals surface area contributed by atoms with E-state index in [4.69, 9.17) is 9.47 Å². The maximum absolute atomic E-state index is 12.8.